The number of hydrogen-bond acceptors (Lipinski definition) is 3. The van der Waals surface area contributed by atoms with Crippen LogP contribution < -0.4 is 10.1 Å². The molecule has 3 nitrogen and oxygen atoms in total. The van der Waals surface area contributed by atoms with Crippen molar-refractivity contribution in [2.24, 2.45) is 5.92 Å². The van der Waals surface area contributed by atoms with E-state index in [0.29, 0.717) is 5.92 Å². The standard InChI is InChI=1S/C16H22ClNO2/c1-3-18-14(15-10(2)4-6-19-15)13-9-12(17)8-11-5-7-20-16(11)13/h8-10,14-15,18H,3-7H2,1-2H3. The van der Waals surface area contributed by atoms with Gasteiger partial charge in [0.2, 0.25) is 0 Å². The van der Waals surface area contributed by atoms with Gasteiger partial charge in [-0.15, -0.1) is 0 Å². The molecular weight excluding hydrogens is 274 g/mol. The summed E-state index contributed by atoms with van der Waals surface area (Å²) < 4.78 is 11.8. The molecule has 4 heteroatoms. The molecule has 1 aromatic rings. The second-order valence-electron chi connectivity index (χ2n) is 5.72. The van der Waals surface area contributed by atoms with Crippen molar-refractivity contribution in [2.75, 3.05) is 19.8 Å². The highest BCUT2D eigenvalue weighted by Gasteiger charge is 2.35. The van der Waals surface area contributed by atoms with Crippen LogP contribution in [-0.2, 0) is 11.2 Å². The van der Waals surface area contributed by atoms with E-state index in [1.54, 1.807) is 0 Å². The van der Waals surface area contributed by atoms with Gasteiger partial charge in [0.1, 0.15) is 5.75 Å². The number of likely N-dealkylation sites (N-methyl/N-ethyl adjacent to an activating group) is 1. The minimum atomic E-state index is 0.156. The number of benzene rings is 1. The van der Waals surface area contributed by atoms with Crippen LogP contribution in [0.5, 0.6) is 5.75 Å². The Morgan fingerprint density at radius 1 is 1.40 bits per heavy atom. The van der Waals surface area contributed by atoms with E-state index < -0.39 is 0 Å². The van der Waals surface area contributed by atoms with E-state index in [9.17, 15) is 0 Å². The number of halogens is 1. The third-order valence-electron chi connectivity index (χ3n) is 4.31. The van der Waals surface area contributed by atoms with Gasteiger partial charge in [-0.3, -0.25) is 0 Å². The molecule has 0 bridgehead atoms. The first-order valence-corrected chi connectivity index (χ1v) is 7.88. The summed E-state index contributed by atoms with van der Waals surface area (Å²) in [6, 6.07) is 4.21. The molecule has 1 saturated heterocycles. The van der Waals surface area contributed by atoms with Crippen LogP contribution in [0.1, 0.15) is 37.4 Å². The first-order valence-electron chi connectivity index (χ1n) is 7.50. The summed E-state index contributed by atoms with van der Waals surface area (Å²) in [6.45, 7) is 6.88. The van der Waals surface area contributed by atoms with Gasteiger partial charge in [0.05, 0.1) is 18.8 Å². The Morgan fingerprint density at radius 3 is 2.95 bits per heavy atom. The Balaban J connectivity index is 1.99. The Hall–Kier alpha value is -0.770. The topological polar surface area (TPSA) is 30.5 Å². The molecule has 0 aliphatic carbocycles. The van der Waals surface area contributed by atoms with Crippen LogP contribution in [0.2, 0.25) is 5.02 Å². The number of hydrogen-bond donors (Lipinski definition) is 1. The SMILES string of the molecule is CCNC(c1cc(Cl)cc2c1OCC2)C1OCCC1C. The molecule has 2 aliphatic rings. The molecule has 0 aromatic heterocycles. The van der Waals surface area contributed by atoms with Crippen molar-refractivity contribution >= 4 is 11.6 Å². The molecule has 0 saturated carbocycles. The normalized spacial score (nSPS) is 26.4. The summed E-state index contributed by atoms with van der Waals surface area (Å²) in [6.07, 6.45) is 2.26. The van der Waals surface area contributed by atoms with Gasteiger partial charge in [-0.1, -0.05) is 25.4 Å². The van der Waals surface area contributed by atoms with Crippen LogP contribution in [0.15, 0.2) is 12.1 Å². The largest absolute Gasteiger partial charge is 0.493 e. The zero-order valence-electron chi connectivity index (χ0n) is 12.1. The average molecular weight is 296 g/mol. The summed E-state index contributed by atoms with van der Waals surface area (Å²) in [5.74, 6) is 1.57. The Labute approximate surface area is 125 Å². The summed E-state index contributed by atoms with van der Waals surface area (Å²) in [4.78, 5) is 0. The van der Waals surface area contributed by atoms with E-state index in [4.69, 9.17) is 21.1 Å². The van der Waals surface area contributed by atoms with E-state index in [0.717, 1.165) is 48.9 Å². The molecule has 2 heterocycles. The van der Waals surface area contributed by atoms with Gasteiger partial charge < -0.3 is 14.8 Å². The molecular formula is C16H22ClNO2. The quantitative estimate of drug-likeness (QED) is 0.924. The third kappa shape index (κ3) is 2.54. The first kappa shape index (κ1) is 14.2. The van der Waals surface area contributed by atoms with Gasteiger partial charge in [0.15, 0.2) is 0 Å². The molecule has 3 rings (SSSR count). The van der Waals surface area contributed by atoms with Gasteiger partial charge in [-0.2, -0.15) is 0 Å². The fourth-order valence-corrected chi connectivity index (χ4v) is 3.54. The monoisotopic (exact) mass is 295 g/mol. The van der Waals surface area contributed by atoms with Crippen LogP contribution in [0.25, 0.3) is 0 Å². The van der Waals surface area contributed by atoms with Crippen molar-refractivity contribution in [3.05, 3.63) is 28.3 Å². The van der Waals surface area contributed by atoms with Crippen molar-refractivity contribution in [3.8, 4) is 5.75 Å². The molecule has 110 valence electrons. The fourth-order valence-electron chi connectivity index (χ4n) is 3.30. The maximum Gasteiger partial charge on any atom is 0.127 e. The molecule has 3 unspecified atom stereocenters. The van der Waals surface area contributed by atoms with E-state index in [2.05, 4.69) is 19.2 Å². The van der Waals surface area contributed by atoms with Crippen molar-refractivity contribution in [1.82, 2.24) is 5.32 Å². The van der Waals surface area contributed by atoms with Gasteiger partial charge >= 0.3 is 0 Å². The molecule has 0 spiro atoms. The van der Waals surface area contributed by atoms with Crippen molar-refractivity contribution in [3.63, 3.8) is 0 Å². The van der Waals surface area contributed by atoms with Crippen LogP contribution >= 0.6 is 11.6 Å². The Morgan fingerprint density at radius 2 is 2.25 bits per heavy atom. The van der Waals surface area contributed by atoms with Crippen LogP contribution in [0, 0.1) is 5.92 Å². The molecule has 3 atom stereocenters. The second-order valence-corrected chi connectivity index (χ2v) is 6.15. The van der Waals surface area contributed by atoms with Crippen LogP contribution in [0.4, 0.5) is 0 Å². The first-order chi connectivity index (χ1) is 9.70. The second kappa shape index (κ2) is 5.92. The number of fused-ring (bicyclic) bond motifs is 1. The summed E-state index contributed by atoms with van der Waals surface area (Å²) in [5.41, 5.74) is 2.38. The molecule has 2 aliphatic heterocycles. The van der Waals surface area contributed by atoms with Crippen LogP contribution in [0.3, 0.4) is 0 Å². The summed E-state index contributed by atoms with van der Waals surface area (Å²) in [5, 5.41) is 4.35. The highest BCUT2D eigenvalue weighted by molar-refractivity contribution is 6.30. The van der Waals surface area contributed by atoms with E-state index in [1.165, 1.54) is 5.56 Å². The zero-order chi connectivity index (χ0) is 14.1. The molecule has 0 amide bonds. The van der Waals surface area contributed by atoms with Crippen LogP contribution in [-0.4, -0.2) is 25.9 Å². The highest BCUT2D eigenvalue weighted by Crippen LogP contribution is 2.40. The minimum Gasteiger partial charge on any atom is -0.493 e. The summed E-state index contributed by atoms with van der Waals surface area (Å²) in [7, 11) is 0. The molecule has 0 radical (unpaired) electrons. The average Bonchev–Trinajstić information content (AvgIpc) is 3.04. The molecule has 1 aromatic carbocycles. The maximum absolute atomic E-state index is 6.29. The van der Waals surface area contributed by atoms with E-state index in [-0.39, 0.29) is 12.1 Å². The molecule has 20 heavy (non-hydrogen) atoms. The lowest BCUT2D eigenvalue weighted by molar-refractivity contribution is 0.0604. The predicted octanol–water partition coefficient (Wildman–Crippen LogP) is 3.35. The minimum absolute atomic E-state index is 0.156. The van der Waals surface area contributed by atoms with Crippen molar-refractivity contribution in [2.45, 2.75) is 38.8 Å². The number of ether oxygens (including phenoxy) is 2. The number of rotatable bonds is 4. The Kier molecular flexibility index (Phi) is 4.20. The molecule has 1 N–H and O–H groups in total. The lowest BCUT2D eigenvalue weighted by Crippen LogP contribution is -2.35. The lowest BCUT2D eigenvalue weighted by atomic mass is 9.91. The number of nitrogens with one attached hydrogen (secondary N) is 1. The van der Waals surface area contributed by atoms with Crippen molar-refractivity contribution < 1.29 is 9.47 Å². The highest BCUT2D eigenvalue weighted by atomic mass is 35.5. The van der Waals surface area contributed by atoms with Crippen molar-refractivity contribution in [1.29, 1.82) is 0 Å². The summed E-state index contributed by atoms with van der Waals surface area (Å²) >= 11 is 6.29. The van der Waals surface area contributed by atoms with Gasteiger partial charge in [-0.05, 0) is 36.6 Å². The Bertz CT molecular complexity index is 492. The van der Waals surface area contributed by atoms with E-state index >= 15 is 0 Å². The fraction of sp³-hybridized carbons (Fsp3) is 0.625. The zero-order valence-corrected chi connectivity index (χ0v) is 12.9. The van der Waals surface area contributed by atoms with E-state index in [1.807, 2.05) is 12.1 Å². The van der Waals surface area contributed by atoms with Gasteiger partial charge in [0, 0.05) is 23.6 Å². The van der Waals surface area contributed by atoms with Gasteiger partial charge in [0.25, 0.3) is 0 Å². The molecule has 1 fully saturated rings. The smallest absolute Gasteiger partial charge is 0.127 e. The predicted molar refractivity (Wildman–Crippen MR) is 80.6 cm³/mol. The van der Waals surface area contributed by atoms with Gasteiger partial charge in [-0.25, -0.2) is 0 Å². The maximum atomic E-state index is 6.29. The third-order valence-corrected chi connectivity index (χ3v) is 4.53. The lowest BCUT2D eigenvalue weighted by Gasteiger charge is -2.28.